The summed E-state index contributed by atoms with van der Waals surface area (Å²) in [7, 11) is 1.65. The Hall–Kier alpha value is -4.76. The van der Waals surface area contributed by atoms with Crippen LogP contribution in [-0.2, 0) is 42.4 Å². The predicted molar refractivity (Wildman–Crippen MR) is 160 cm³/mol. The summed E-state index contributed by atoms with van der Waals surface area (Å²) in [6.45, 7) is 3.17. The third kappa shape index (κ3) is 6.54. The summed E-state index contributed by atoms with van der Waals surface area (Å²) in [5.74, 6) is -4.16. The Bertz CT molecular complexity index is 1600. The molecule has 0 spiro atoms. The molecule has 1 fully saturated rings. The Morgan fingerprint density at radius 2 is 2.04 bits per heavy atom. The monoisotopic (exact) mass is 666 g/mol. The van der Waals surface area contributed by atoms with Crippen LogP contribution in [0.3, 0.4) is 0 Å². The molecule has 2 aromatic heterocycles. The lowest BCUT2D eigenvalue weighted by Gasteiger charge is -2.49. The second-order valence-corrected chi connectivity index (χ2v) is 12.3. The Morgan fingerprint density at radius 1 is 1.33 bits per heavy atom. The lowest BCUT2D eigenvalue weighted by molar-refractivity contribution is -0.765. The Kier molecular flexibility index (Phi) is 9.63. The minimum Gasteiger partial charge on any atom is -0.478 e. The second-order valence-electron chi connectivity index (χ2n) is 10.4. The van der Waals surface area contributed by atoms with Crippen molar-refractivity contribution < 1.29 is 43.7 Å². The molecule has 45 heavy (non-hydrogen) atoms. The van der Waals surface area contributed by atoms with Crippen LogP contribution in [0.25, 0.3) is 0 Å². The summed E-state index contributed by atoms with van der Waals surface area (Å²) >= 11 is 1.98. The summed E-state index contributed by atoms with van der Waals surface area (Å²) in [4.78, 5) is 73.5. The number of carbonyl (C=O) groups excluding carboxylic acids is 3. The first-order valence-electron chi connectivity index (χ1n) is 13.3. The number of aromatic nitrogens is 4. The van der Waals surface area contributed by atoms with Gasteiger partial charge < -0.3 is 42.5 Å². The van der Waals surface area contributed by atoms with E-state index in [2.05, 4.69) is 19.8 Å². The lowest BCUT2D eigenvalue weighted by atomic mass is 10.0. The highest BCUT2D eigenvalue weighted by Crippen LogP contribution is 2.40. The first kappa shape index (κ1) is 33.1. The summed E-state index contributed by atoms with van der Waals surface area (Å²) < 4.78 is 7.11. The van der Waals surface area contributed by atoms with Gasteiger partial charge in [0, 0.05) is 29.4 Å². The van der Waals surface area contributed by atoms with Gasteiger partial charge in [0.25, 0.3) is 11.8 Å². The summed E-state index contributed by atoms with van der Waals surface area (Å²) in [6, 6.07) is -1.15. The first-order valence-corrected chi connectivity index (χ1v) is 15.1. The SMILES string of the molecule is Cn1c(N)c(N(C=O)CCCN)c[n+]1CC1=C(C(=O)O)N2C(=O)[C@@H](NC(=O)/C(=N\OC(C)(C)C(=O)O)c3nsc(N)n3)[C@H]2SC1. The predicted octanol–water partition coefficient (Wildman–Crippen LogP) is -2.34. The van der Waals surface area contributed by atoms with Gasteiger partial charge in [-0.3, -0.25) is 19.3 Å². The van der Waals surface area contributed by atoms with Crippen molar-refractivity contribution in [2.75, 3.05) is 35.2 Å². The standard InChI is InChI=1S/C24H31N11O8S2/c1-24(2,22(41)42)43-30-13(17-29-23(27)45-31-17)18(37)28-14-19(38)35-15(21(39)40)11(9-44-20(14)35)7-34-8-12(16(26)32(34)3)33(10-36)6-4-5-25/h8,10,14,20,26H,4-7,9,25H2,1-3H3,(H5,27,28,29,31,37,39,40,41,42)/p+1/b30-13-/t14-,20-/m1/s1. The number of β-lactam (4-membered cyclic amide) rings is 1. The number of thioether (sulfide) groups is 1. The molecule has 0 aliphatic carbocycles. The normalized spacial score (nSPS) is 18.3. The van der Waals surface area contributed by atoms with Crippen LogP contribution in [0.1, 0.15) is 26.1 Å². The van der Waals surface area contributed by atoms with Gasteiger partial charge in [-0.25, -0.2) is 9.59 Å². The number of nitrogen functional groups attached to an aromatic ring is 2. The highest BCUT2D eigenvalue weighted by molar-refractivity contribution is 8.00. The molecule has 2 aromatic rings. The van der Waals surface area contributed by atoms with E-state index in [1.165, 1.54) is 30.5 Å². The number of carbonyl (C=O) groups is 5. The number of anilines is 3. The van der Waals surface area contributed by atoms with Gasteiger partial charge in [0.15, 0.2) is 23.2 Å². The number of fused-ring (bicyclic) bond motifs is 1. The smallest absolute Gasteiger partial charge is 0.352 e. The van der Waals surface area contributed by atoms with Crippen molar-refractivity contribution >= 4 is 75.8 Å². The van der Waals surface area contributed by atoms with Crippen LogP contribution < -0.4 is 32.1 Å². The minimum absolute atomic E-state index is 0.000103. The van der Waals surface area contributed by atoms with E-state index in [1.807, 2.05) is 0 Å². The van der Waals surface area contributed by atoms with E-state index in [9.17, 15) is 34.2 Å². The van der Waals surface area contributed by atoms with Gasteiger partial charge in [0.1, 0.15) is 17.1 Å². The Labute approximate surface area is 263 Å². The molecule has 0 aromatic carbocycles. The first-order chi connectivity index (χ1) is 21.2. The molecule has 4 heterocycles. The fourth-order valence-corrected chi connectivity index (χ4v) is 6.16. The maximum absolute atomic E-state index is 13.3. The van der Waals surface area contributed by atoms with E-state index in [0.29, 0.717) is 37.2 Å². The number of hydrogen-bond acceptors (Lipinski definition) is 14. The Morgan fingerprint density at radius 3 is 2.62 bits per heavy atom. The van der Waals surface area contributed by atoms with E-state index < -0.39 is 46.5 Å². The maximum atomic E-state index is 13.3. The van der Waals surface area contributed by atoms with E-state index >= 15 is 0 Å². The van der Waals surface area contributed by atoms with Crippen molar-refractivity contribution in [1.29, 1.82) is 0 Å². The number of nitrogens with two attached hydrogens (primary N) is 3. The van der Waals surface area contributed by atoms with Crippen LogP contribution in [0, 0.1) is 0 Å². The summed E-state index contributed by atoms with van der Waals surface area (Å²) in [6.07, 6.45) is 2.79. The number of nitrogens with zero attached hydrogens (tertiary/aromatic N) is 7. The highest BCUT2D eigenvalue weighted by Gasteiger charge is 2.55. The fourth-order valence-electron chi connectivity index (χ4n) is 4.39. The van der Waals surface area contributed by atoms with Gasteiger partial charge in [-0.2, -0.15) is 9.36 Å². The molecule has 2 aliphatic rings. The zero-order chi connectivity index (χ0) is 33.2. The van der Waals surface area contributed by atoms with E-state index in [1.54, 1.807) is 22.6 Å². The van der Waals surface area contributed by atoms with Crippen molar-refractivity contribution in [2.24, 2.45) is 17.9 Å². The second kappa shape index (κ2) is 13.1. The molecule has 9 N–H and O–H groups in total. The van der Waals surface area contributed by atoms with E-state index in [4.69, 9.17) is 22.0 Å². The van der Waals surface area contributed by atoms with Gasteiger partial charge in [0.2, 0.25) is 29.7 Å². The third-order valence-corrected chi connectivity index (χ3v) is 8.83. The van der Waals surface area contributed by atoms with Crippen LogP contribution in [0.5, 0.6) is 0 Å². The lowest BCUT2D eigenvalue weighted by Crippen LogP contribution is -2.71. The zero-order valence-corrected chi connectivity index (χ0v) is 26.0. The largest absolute Gasteiger partial charge is 0.478 e. The van der Waals surface area contributed by atoms with Crippen molar-refractivity contribution in [1.82, 2.24) is 24.3 Å². The summed E-state index contributed by atoms with van der Waals surface area (Å²) in [5, 5.41) is 24.8. The fraction of sp³-hybridized carbons (Fsp3) is 0.458. The number of hydrogen-bond donors (Lipinski definition) is 6. The van der Waals surface area contributed by atoms with Gasteiger partial charge in [-0.1, -0.05) is 5.16 Å². The topological polar surface area (TPSA) is 279 Å². The van der Waals surface area contributed by atoms with Crippen LogP contribution in [0.2, 0.25) is 0 Å². The quantitative estimate of drug-likeness (QED) is 0.0405. The van der Waals surface area contributed by atoms with Crippen molar-refractivity contribution in [3.05, 3.63) is 23.3 Å². The molecular formula is C24H32N11O8S2+. The molecule has 242 valence electrons. The van der Waals surface area contributed by atoms with Crippen molar-refractivity contribution in [3.8, 4) is 0 Å². The van der Waals surface area contributed by atoms with Gasteiger partial charge in [-0.05, 0) is 26.8 Å². The van der Waals surface area contributed by atoms with Crippen molar-refractivity contribution in [3.63, 3.8) is 0 Å². The minimum atomic E-state index is -1.81. The average molecular weight is 667 g/mol. The van der Waals surface area contributed by atoms with Crippen LogP contribution in [-0.4, -0.2) is 101 Å². The molecule has 1 saturated heterocycles. The molecule has 0 radical (unpaired) electrons. The Balaban J connectivity index is 1.56. The maximum Gasteiger partial charge on any atom is 0.352 e. The number of carboxylic acid groups (broad SMARTS) is 2. The molecule has 0 saturated carbocycles. The zero-order valence-electron chi connectivity index (χ0n) is 24.4. The van der Waals surface area contributed by atoms with Crippen LogP contribution in [0.4, 0.5) is 16.6 Å². The molecule has 21 heteroatoms. The van der Waals surface area contributed by atoms with Crippen molar-refractivity contribution in [2.45, 2.75) is 43.8 Å². The molecular weight excluding hydrogens is 634 g/mol. The van der Waals surface area contributed by atoms with Gasteiger partial charge in [-0.15, -0.1) is 21.1 Å². The summed E-state index contributed by atoms with van der Waals surface area (Å²) in [5.41, 5.74) is 15.7. The molecule has 2 aliphatic heterocycles. The van der Waals surface area contributed by atoms with E-state index in [0.717, 1.165) is 16.4 Å². The molecule has 19 nitrogen and oxygen atoms in total. The van der Waals surface area contributed by atoms with Gasteiger partial charge >= 0.3 is 11.9 Å². The average Bonchev–Trinajstić information content (AvgIpc) is 3.54. The number of rotatable bonds is 14. The number of oxime groups is 1. The molecule has 0 unspecified atom stereocenters. The molecule has 3 amide bonds. The number of nitrogens with one attached hydrogen (secondary N) is 1. The number of carboxylic acids is 2. The van der Waals surface area contributed by atoms with Gasteiger partial charge in [0.05, 0.1) is 7.05 Å². The number of aliphatic carboxylic acids is 2. The molecule has 0 bridgehead atoms. The number of amides is 3. The van der Waals surface area contributed by atoms with Crippen LogP contribution in [0.15, 0.2) is 22.6 Å². The molecule has 4 rings (SSSR count). The third-order valence-electron chi connectivity index (χ3n) is 6.95. The molecule has 2 atom stereocenters. The van der Waals surface area contributed by atoms with Crippen LogP contribution >= 0.6 is 23.3 Å². The van der Waals surface area contributed by atoms with E-state index in [-0.39, 0.29) is 34.8 Å². The highest BCUT2D eigenvalue weighted by atomic mass is 32.2.